The number of amides is 2. The zero-order chi connectivity index (χ0) is 61.2. The Morgan fingerprint density at radius 3 is 1.31 bits per heavy atom. The van der Waals surface area contributed by atoms with Gasteiger partial charge in [0.1, 0.15) is 165 Å². The van der Waals surface area contributed by atoms with Crippen LogP contribution in [-0.2, 0) is 71.2 Å². The Labute approximate surface area is 470 Å². The predicted octanol–water partition coefficient (Wildman–Crippen LogP) is -15.0. The maximum absolute atomic E-state index is 13.0. The van der Waals surface area contributed by atoms with E-state index in [9.17, 15) is 112 Å². The molecule has 0 radical (unpaired) electrons. The van der Waals surface area contributed by atoms with Gasteiger partial charge in [-0.15, -0.1) is 0 Å². The van der Waals surface area contributed by atoms with E-state index in [2.05, 4.69) is 10.6 Å². The molecular weight excluding hydrogens is 1140 g/mol. The van der Waals surface area contributed by atoms with Crippen LogP contribution >= 0.6 is 0 Å². The fraction of sp³-hybridized carbons (Fsp3) is 0.957. The number of aliphatic hydroxyl groups is 20. The third kappa shape index (κ3) is 14.7. The molecule has 0 aliphatic carbocycles. The van der Waals surface area contributed by atoms with Crippen LogP contribution in [0.5, 0.6) is 0 Å². The molecular formula is C46H78N2O35. The molecule has 7 saturated heterocycles. The van der Waals surface area contributed by atoms with Crippen molar-refractivity contribution in [2.45, 2.75) is 236 Å². The Morgan fingerprint density at radius 2 is 0.735 bits per heavy atom. The minimum Gasteiger partial charge on any atom is -0.394 e. The number of ether oxygens (including phenoxy) is 13. The minimum atomic E-state index is -2.34. The summed E-state index contributed by atoms with van der Waals surface area (Å²) in [6.45, 7) is -2.69. The Hall–Kier alpha value is -2.38. The van der Waals surface area contributed by atoms with Crippen molar-refractivity contribution in [2.75, 3.05) is 39.6 Å². The molecule has 7 heterocycles. The van der Waals surface area contributed by atoms with Gasteiger partial charge in [-0.2, -0.15) is 0 Å². The average molecular weight is 1220 g/mol. The van der Waals surface area contributed by atoms with Gasteiger partial charge in [0, 0.05) is 13.8 Å². The van der Waals surface area contributed by atoms with Crippen molar-refractivity contribution in [2.24, 2.45) is 0 Å². The van der Waals surface area contributed by atoms with Gasteiger partial charge in [-0.3, -0.25) is 9.59 Å². The topological polar surface area (TPSA) is 583 Å². The lowest BCUT2D eigenvalue weighted by Crippen LogP contribution is -2.70. The molecule has 83 heavy (non-hydrogen) atoms. The summed E-state index contributed by atoms with van der Waals surface area (Å²) in [4.78, 5) is 25.6. The third-order valence-electron chi connectivity index (χ3n) is 15.3. The lowest BCUT2D eigenvalue weighted by molar-refractivity contribution is -0.391. The molecule has 35 atom stereocenters. The molecule has 0 aromatic rings. The number of hydrogen-bond acceptors (Lipinski definition) is 35. The minimum absolute atomic E-state index is 0.833. The molecule has 7 aliphatic heterocycles. The second-order valence-corrected chi connectivity index (χ2v) is 21.1. The normalized spacial score (nSPS) is 50.8. The maximum atomic E-state index is 13.0. The Morgan fingerprint density at radius 1 is 0.337 bits per heavy atom. The van der Waals surface area contributed by atoms with Crippen molar-refractivity contribution in [1.82, 2.24) is 10.6 Å². The standard InChI is InChI=1S/C46H78N2O35/c1-10-21(56)27(62)32(67)43(72-10)83-39-29(64)23(58)14(5-50)76-46(39)81-37-20(48-12(3)55)42(74-15(6-51)24(37)59)82-38-25(60)18(78-45(34(38)69)80-36-16(7-52)73-40(70)31(66)30(36)65)9-71-41-19(47-11(2)54)26(61)35(17(8-53)77-41)79-44-33(68)28(63)22(57)13(4-49)75-44/h10,13-46,49-53,56-70H,4-9H2,1-3H3,(H,47,54)(H,48,55). The smallest absolute Gasteiger partial charge is 0.217 e. The van der Waals surface area contributed by atoms with Crippen LogP contribution < -0.4 is 10.6 Å². The molecule has 22 N–H and O–H groups in total. The fourth-order valence-electron chi connectivity index (χ4n) is 10.6. The average Bonchev–Trinajstić information content (AvgIpc) is 2.99. The van der Waals surface area contributed by atoms with Crippen molar-refractivity contribution >= 4 is 11.8 Å². The molecule has 37 nitrogen and oxygen atoms in total. The summed E-state index contributed by atoms with van der Waals surface area (Å²) in [5.41, 5.74) is 0. The summed E-state index contributed by atoms with van der Waals surface area (Å²) in [7, 11) is 0. The second-order valence-electron chi connectivity index (χ2n) is 21.1. The molecule has 482 valence electrons. The summed E-state index contributed by atoms with van der Waals surface area (Å²) in [5.74, 6) is -1.76. The summed E-state index contributed by atoms with van der Waals surface area (Å²) >= 11 is 0. The van der Waals surface area contributed by atoms with Crippen LogP contribution in [0.15, 0.2) is 0 Å². The summed E-state index contributed by atoms with van der Waals surface area (Å²) in [5, 5.41) is 220. The van der Waals surface area contributed by atoms with Gasteiger partial charge in [0.05, 0.1) is 45.7 Å². The third-order valence-corrected chi connectivity index (χ3v) is 15.3. The highest BCUT2D eigenvalue weighted by Crippen LogP contribution is 2.38. The van der Waals surface area contributed by atoms with Crippen LogP contribution in [0.3, 0.4) is 0 Å². The van der Waals surface area contributed by atoms with Gasteiger partial charge >= 0.3 is 0 Å². The first-order chi connectivity index (χ1) is 39.2. The van der Waals surface area contributed by atoms with E-state index in [0.717, 1.165) is 13.8 Å². The Bertz CT molecular complexity index is 2040. The van der Waals surface area contributed by atoms with E-state index in [1.807, 2.05) is 0 Å². The van der Waals surface area contributed by atoms with E-state index in [-0.39, 0.29) is 0 Å². The quantitative estimate of drug-likeness (QED) is 0.0538. The number of nitrogens with one attached hydrogen (secondary N) is 2. The molecule has 0 aromatic heterocycles. The molecule has 7 fully saturated rings. The zero-order valence-corrected chi connectivity index (χ0v) is 44.5. The van der Waals surface area contributed by atoms with Crippen molar-refractivity contribution in [3.05, 3.63) is 0 Å². The largest absolute Gasteiger partial charge is 0.394 e. The molecule has 2 amide bonds. The summed E-state index contributed by atoms with van der Waals surface area (Å²) < 4.78 is 75.3. The molecule has 0 aromatic carbocycles. The van der Waals surface area contributed by atoms with E-state index in [0.29, 0.717) is 0 Å². The number of carbonyl (C=O) groups excluding carboxylic acids is 2. The van der Waals surface area contributed by atoms with Crippen LogP contribution in [0.25, 0.3) is 0 Å². The second kappa shape index (κ2) is 29.3. The van der Waals surface area contributed by atoms with Crippen LogP contribution in [0, 0.1) is 0 Å². The SMILES string of the molecule is CC(=O)NC1C(OCC2OC(OC3C(CO)OC(O)C(O)C3O)C(O)C(OC3OC(CO)C(O)C(OC4OC(CO)C(O)C(O)C4OC4OC(C)C(O)C(O)C4O)C3NC(C)=O)C2O)OC(CO)C(OC2OC(CO)C(O)C(O)C2O)C1O. The summed E-state index contributed by atoms with van der Waals surface area (Å²) in [6.07, 6.45) is -63.7. The highest BCUT2D eigenvalue weighted by molar-refractivity contribution is 5.73. The molecule has 35 unspecified atom stereocenters. The van der Waals surface area contributed by atoms with E-state index in [1.54, 1.807) is 0 Å². The van der Waals surface area contributed by atoms with E-state index >= 15 is 0 Å². The zero-order valence-electron chi connectivity index (χ0n) is 44.5. The lowest BCUT2D eigenvalue weighted by Gasteiger charge is -2.51. The van der Waals surface area contributed by atoms with Crippen LogP contribution in [0.1, 0.15) is 20.8 Å². The molecule has 7 aliphatic rings. The van der Waals surface area contributed by atoms with Crippen molar-refractivity contribution in [3.63, 3.8) is 0 Å². The molecule has 37 heteroatoms. The molecule has 7 rings (SSSR count). The van der Waals surface area contributed by atoms with Gasteiger partial charge in [-0.05, 0) is 6.92 Å². The van der Waals surface area contributed by atoms with Gasteiger partial charge in [0.2, 0.25) is 11.8 Å². The van der Waals surface area contributed by atoms with Gasteiger partial charge in [-0.25, -0.2) is 0 Å². The van der Waals surface area contributed by atoms with E-state index in [1.165, 1.54) is 6.92 Å². The number of rotatable bonds is 20. The molecule has 0 spiro atoms. The first-order valence-electron chi connectivity index (χ1n) is 26.5. The molecule has 0 saturated carbocycles. The Balaban J connectivity index is 1.19. The van der Waals surface area contributed by atoms with Gasteiger partial charge in [0.15, 0.2) is 44.0 Å². The van der Waals surface area contributed by atoms with E-state index < -0.39 is 266 Å². The fourth-order valence-corrected chi connectivity index (χ4v) is 10.6. The van der Waals surface area contributed by atoms with Gasteiger partial charge in [-0.1, -0.05) is 0 Å². The van der Waals surface area contributed by atoms with Gasteiger partial charge in [0.25, 0.3) is 0 Å². The highest BCUT2D eigenvalue weighted by Gasteiger charge is 2.59. The summed E-state index contributed by atoms with van der Waals surface area (Å²) in [6, 6.07) is -3.61. The monoisotopic (exact) mass is 1220 g/mol. The highest BCUT2D eigenvalue weighted by atomic mass is 16.8. The first-order valence-corrected chi connectivity index (χ1v) is 26.5. The van der Waals surface area contributed by atoms with Crippen LogP contribution in [-0.4, -0.2) is 368 Å². The first kappa shape index (κ1) is 68.1. The van der Waals surface area contributed by atoms with E-state index in [4.69, 9.17) is 61.6 Å². The van der Waals surface area contributed by atoms with Crippen LogP contribution in [0.4, 0.5) is 0 Å². The number of hydrogen-bond donors (Lipinski definition) is 22. The van der Waals surface area contributed by atoms with Crippen molar-refractivity contribution in [1.29, 1.82) is 0 Å². The number of carbonyl (C=O) groups is 2. The van der Waals surface area contributed by atoms with Crippen molar-refractivity contribution < 1.29 is 173 Å². The van der Waals surface area contributed by atoms with Crippen LogP contribution in [0.2, 0.25) is 0 Å². The predicted molar refractivity (Wildman–Crippen MR) is 254 cm³/mol. The Kier molecular flexibility index (Phi) is 24.0. The lowest BCUT2D eigenvalue weighted by atomic mass is 9.94. The molecule has 0 bridgehead atoms. The maximum Gasteiger partial charge on any atom is 0.217 e. The number of aliphatic hydroxyl groups excluding tert-OH is 20. The van der Waals surface area contributed by atoms with Gasteiger partial charge < -0.3 is 174 Å². The van der Waals surface area contributed by atoms with Crippen molar-refractivity contribution in [3.8, 4) is 0 Å².